The van der Waals surface area contributed by atoms with Crippen LogP contribution in [0.5, 0.6) is 5.75 Å². The molecule has 0 bridgehead atoms. The maximum atomic E-state index is 6.25. The van der Waals surface area contributed by atoms with Crippen molar-refractivity contribution in [3.05, 3.63) is 16.3 Å². The lowest BCUT2D eigenvalue weighted by molar-refractivity contribution is -0.121. The molecule has 1 saturated heterocycles. The van der Waals surface area contributed by atoms with E-state index in [1.165, 1.54) is 43.4 Å². The van der Waals surface area contributed by atoms with Gasteiger partial charge in [-0.05, 0) is 50.1 Å². The molecule has 0 radical (unpaired) electrons. The van der Waals surface area contributed by atoms with Gasteiger partial charge in [0, 0.05) is 12.6 Å². The van der Waals surface area contributed by atoms with Crippen LogP contribution in [0.1, 0.15) is 55.9 Å². The Hall–Kier alpha value is -0.580. The number of hydrogen-bond acceptors (Lipinski definition) is 4. The Bertz CT molecular complexity index is 448. The van der Waals surface area contributed by atoms with E-state index in [1.807, 2.05) is 11.3 Å². The van der Waals surface area contributed by atoms with Crippen LogP contribution in [0, 0.1) is 5.92 Å². The van der Waals surface area contributed by atoms with E-state index >= 15 is 0 Å². The third-order valence-electron chi connectivity index (χ3n) is 5.24. The first-order chi connectivity index (χ1) is 10.3. The highest BCUT2D eigenvalue weighted by molar-refractivity contribution is 7.10. The third-order valence-corrected chi connectivity index (χ3v) is 6.22. The molecule has 0 amide bonds. The summed E-state index contributed by atoms with van der Waals surface area (Å²) in [5.41, 5.74) is 0.167. The molecule has 1 aromatic rings. The normalized spacial score (nSPS) is 26.7. The lowest BCUT2D eigenvalue weighted by Crippen LogP contribution is -2.44. The summed E-state index contributed by atoms with van der Waals surface area (Å²) in [5, 5.41) is 5.68. The SMILES string of the molecule is CNC(c1sccc1OC)C1CCOC2(CCCCC2)C1. The van der Waals surface area contributed by atoms with Crippen LogP contribution in [0.15, 0.2) is 11.4 Å². The average Bonchev–Trinajstić information content (AvgIpc) is 2.97. The molecule has 1 N–H and O–H groups in total. The zero-order chi connectivity index (χ0) is 14.7. The first kappa shape index (κ1) is 15.3. The van der Waals surface area contributed by atoms with E-state index < -0.39 is 0 Å². The minimum absolute atomic E-state index is 0.167. The molecule has 1 spiro atoms. The maximum absolute atomic E-state index is 6.25. The molecule has 1 aromatic heterocycles. The van der Waals surface area contributed by atoms with E-state index in [4.69, 9.17) is 9.47 Å². The van der Waals surface area contributed by atoms with E-state index in [1.54, 1.807) is 7.11 Å². The van der Waals surface area contributed by atoms with E-state index in [9.17, 15) is 0 Å². The van der Waals surface area contributed by atoms with Gasteiger partial charge in [-0.15, -0.1) is 11.3 Å². The molecule has 3 nitrogen and oxygen atoms in total. The number of methoxy groups -OCH3 is 1. The Kier molecular flexibility index (Phi) is 4.87. The van der Waals surface area contributed by atoms with Crippen molar-refractivity contribution in [2.45, 2.75) is 56.6 Å². The number of thiophene rings is 1. The fourth-order valence-corrected chi connectivity index (χ4v) is 5.24. The van der Waals surface area contributed by atoms with Gasteiger partial charge in [0.1, 0.15) is 5.75 Å². The Balaban J connectivity index is 1.77. The van der Waals surface area contributed by atoms with Gasteiger partial charge in [-0.3, -0.25) is 0 Å². The predicted molar refractivity (Wildman–Crippen MR) is 87.2 cm³/mol. The van der Waals surface area contributed by atoms with Crippen molar-refractivity contribution in [2.24, 2.45) is 5.92 Å². The summed E-state index contributed by atoms with van der Waals surface area (Å²) in [6.45, 7) is 0.913. The van der Waals surface area contributed by atoms with Crippen molar-refractivity contribution in [1.29, 1.82) is 0 Å². The number of hydrogen-bond donors (Lipinski definition) is 1. The summed E-state index contributed by atoms with van der Waals surface area (Å²) in [5.74, 6) is 1.68. The minimum Gasteiger partial charge on any atom is -0.496 e. The molecular weight excluding hydrogens is 282 g/mol. The molecule has 118 valence electrons. The quantitative estimate of drug-likeness (QED) is 0.906. The zero-order valence-corrected chi connectivity index (χ0v) is 14.0. The van der Waals surface area contributed by atoms with Gasteiger partial charge in [0.05, 0.1) is 17.6 Å². The molecule has 3 rings (SSSR count). The Morgan fingerprint density at radius 2 is 2.19 bits per heavy atom. The third kappa shape index (κ3) is 3.13. The zero-order valence-electron chi connectivity index (χ0n) is 13.2. The Labute approximate surface area is 132 Å². The molecule has 2 aliphatic rings. The molecule has 4 heteroatoms. The van der Waals surface area contributed by atoms with Crippen LogP contribution < -0.4 is 10.1 Å². The van der Waals surface area contributed by atoms with Gasteiger partial charge in [0.25, 0.3) is 0 Å². The van der Waals surface area contributed by atoms with Gasteiger partial charge >= 0.3 is 0 Å². The number of nitrogens with one attached hydrogen (secondary N) is 1. The first-order valence-electron chi connectivity index (χ1n) is 8.20. The summed E-state index contributed by atoms with van der Waals surface area (Å²) in [6, 6.07) is 2.47. The van der Waals surface area contributed by atoms with Crippen molar-refractivity contribution < 1.29 is 9.47 Å². The summed E-state index contributed by atoms with van der Waals surface area (Å²) in [4.78, 5) is 1.35. The number of rotatable bonds is 4. The van der Waals surface area contributed by atoms with Gasteiger partial charge in [0.2, 0.25) is 0 Å². The molecule has 0 aromatic carbocycles. The van der Waals surface area contributed by atoms with Crippen molar-refractivity contribution >= 4 is 11.3 Å². The maximum Gasteiger partial charge on any atom is 0.134 e. The van der Waals surface area contributed by atoms with Gasteiger partial charge in [0.15, 0.2) is 0 Å². The summed E-state index contributed by atoms with van der Waals surface area (Å²) >= 11 is 1.81. The highest BCUT2D eigenvalue weighted by Gasteiger charge is 2.41. The van der Waals surface area contributed by atoms with E-state index in [-0.39, 0.29) is 5.60 Å². The molecule has 1 aliphatic carbocycles. The fraction of sp³-hybridized carbons (Fsp3) is 0.765. The van der Waals surface area contributed by atoms with Crippen molar-refractivity contribution in [1.82, 2.24) is 5.32 Å². The minimum atomic E-state index is 0.167. The largest absolute Gasteiger partial charge is 0.496 e. The van der Waals surface area contributed by atoms with Crippen molar-refractivity contribution in [2.75, 3.05) is 20.8 Å². The lowest BCUT2D eigenvalue weighted by Gasteiger charge is -2.45. The van der Waals surface area contributed by atoms with Crippen LogP contribution in [0.4, 0.5) is 0 Å². The van der Waals surface area contributed by atoms with E-state index in [0.29, 0.717) is 12.0 Å². The second-order valence-corrected chi connectivity index (χ2v) is 7.41. The van der Waals surface area contributed by atoms with Gasteiger partial charge < -0.3 is 14.8 Å². The van der Waals surface area contributed by atoms with Crippen LogP contribution in [0.2, 0.25) is 0 Å². The van der Waals surface area contributed by atoms with Crippen LogP contribution in [-0.2, 0) is 4.74 Å². The Morgan fingerprint density at radius 3 is 2.90 bits per heavy atom. The predicted octanol–water partition coefficient (Wildman–Crippen LogP) is 4.15. The van der Waals surface area contributed by atoms with Crippen molar-refractivity contribution in [3.63, 3.8) is 0 Å². The molecule has 2 heterocycles. The van der Waals surface area contributed by atoms with Crippen molar-refractivity contribution in [3.8, 4) is 5.75 Å². The monoisotopic (exact) mass is 309 g/mol. The number of ether oxygens (including phenoxy) is 2. The fourth-order valence-electron chi connectivity index (χ4n) is 4.18. The van der Waals surface area contributed by atoms with Gasteiger partial charge in [-0.1, -0.05) is 19.3 Å². The van der Waals surface area contributed by atoms with Crippen LogP contribution in [0.25, 0.3) is 0 Å². The second-order valence-electron chi connectivity index (χ2n) is 6.46. The lowest BCUT2D eigenvalue weighted by atomic mass is 9.74. The molecule has 2 fully saturated rings. The van der Waals surface area contributed by atoms with Crippen LogP contribution in [-0.4, -0.2) is 26.4 Å². The molecule has 1 saturated carbocycles. The molecular formula is C17H27NO2S. The van der Waals surface area contributed by atoms with E-state index in [0.717, 1.165) is 18.8 Å². The summed E-state index contributed by atoms with van der Waals surface area (Å²) in [7, 11) is 3.84. The van der Waals surface area contributed by atoms with Crippen LogP contribution in [0.3, 0.4) is 0 Å². The first-order valence-corrected chi connectivity index (χ1v) is 9.08. The molecule has 1 aliphatic heterocycles. The average molecular weight is 309 g/mol. The highest BCUT2D eigenvalue weighted by Crippen LogP contribution is 2.46. The smallest absolute Gasteiger partial charge is 0.134 e. The molecule has 2 atom stereocenters. The molecule has 2 unspecified atom stereocenters. The summed E-state index contributed by atoms with van der Waals surface area (Å²) in [6.07, 6.45) is 8.89. The van der Waals surface area contributed by atoms with Gasteiger partial charge in [-0.25, -0.2) is 0 Å². The topological polar surface area (TPSA) is 30.5 Å². The summed E-state index contributed by atoms with van der Waals surface area (Å²) < 4.78 is 11.8. The van der Waals surface area contributed by atoms with E-state index in [2.05, 4.69) is 23.8 Å². The Morgan fingerprint density at radius 1 is 1.38 bits per heavy atom. The van der Waals surface area contributed by atoms with Gasteiger partial charge in [-0.2, -0.15) is 0 Å². The highest BCUT2D eigenvalue weighted by atomic mass is 32.1. The second kappa shape index (κ2) is 6.67. The molecule has 21 heavy (non-hydrogen) atoms. The standard InChI is InChI=1S/C17H27NO2S/c1-18-15(16-14(19-2)7-11-21-16)13-6-10-20-17(12-13)8-4-3-5-9-17/h7,11,13,15,18H,3-6,8-10,12H2,1-2H3. The van der Waals surface area contributed by atoms with Crippen LogP contribution >= 0.6 is 11.3 Å².